The summed E-state index contributed by atoms with van der Waals surface area (Å²) >= 11 is 1.43. The molecule has 1 aromatic carbocycles. The standard InChI is InChI=1S/C17H22N4OS/c1-12-7-14(10-21(12)9-13-5-3-2-4-6-13)19-17(22)15-11-23-16(8-18)20-15/h2-6,11-12,14H,7-10,18H2,1H3,(H,19,22). The van der Waals surface area contributed by atoms with Crippen LogP contribution in [0.1, 0.15) is 34.4 Å². The molecule has 2 heterocycles. The summed E-state index contributed by atoms with van der Waals surface area (Å²) in [5.41, 5.74) is 7.33. The number of carbonyl (C=O) groups excluding carboxylic acids is 1. The van der Waals surface area contributed by atoms with Crippen molar-refractivity contribution in [3.8, 4) is 0 Å². The number of thiazole rings is 1. The van der Waals surface area contributed by atoms with Gasteiger partial charge in [-0.15, -0.1) is 11.3 Å². The van der Waals surface area contributed by atoms with Crippen molar-refractivity contribution in [3.05, 3.63) is 52.0 Å². The summed E-state index contributed by atoms with van der Waals surface area (Å²) in [6.07, 6.45) is 0.965. The molecular weight excluding hydrogens is 308 g/mol. The molecule has 1 aromatic heterocycles. The molecule has 1 aliphatic rings. The van der Waals surface area contributed by atoms with Crippen molar-refractivity contribution in [1.82, 2.24) is 15.2 Å². The van der Waals surface area contributed by atoms with Gasteiger partial charge in [0.15, 0.2) is 0 Å². The van der Waals surface area contributed by atoms with Crippen LogP contribution in [0.5, 0.6) is 0 Å². The molecular formula is C17H22N4OS. The summed E-state index contributed by atoms with van der Waals surface area (Å²) in [5, 5.41) is 5.67. The second-order valence-electron chi connectivity index (χ2n) is 6.00. The number of likely N-dealkylation sites (tertiary alicyclic amines) is 1. The maximum absolute atomic E-state index is 12.3. The van der Waals surface area contributed by atoms with Gasteiger partial charge in [0, 0.05) is 37.1 Å². The van der Waals surface area contributed by atoms with Crippen LogP contribution in [0.3, 0.4) is 0 Å². The molecule has 0 bridgehead atoms. The second-order valence-corrected chi connectivity index (χ2v) is 6.94. The van der Waals surface area contributed by atoms with E-state index >= 15 is 0 Å². The minimum Gasteiger partial charge on any atom is -0.347 e. The van der Waals surface area contributed by atoms with Crippen LogP contribution in [0.25, 0.3) is 0 Å². The van der Waals surface area contributed by atoms with Gasteiger partial charge in [-0.25, -0.2) is 4.98 Å². The number of hydrogen-bond acceptors (Lipinski definition) is 5. The van der Waals surface area contributed by atoms with Crippen molar-refractivity contribution in [2.75, 3.05) is 6.54 Å². The first-order chi connectivity index (χ1) is 11.2. The fourth-order valence-electron chi connectivity index (χ4n) is 3.01. The van der Waals surface area contributed by atoms with Crippen LogP contribution >= 0.6 is 11.3 Å². The molecule has 3 N–H and O–H groups in total. The SMILES string of the molecule is CC1CC(NC(=O)c2csc(CN)n2)CN1Cc1ccccc1. The zero-order valence-electron chi connectivity index (χ0n) is 13.2. The van der Waals surface area contributed by atoms with Gasteiger partial charge in [0.05, 0.1) is 0 Å². The molecule has 0 aliphatic carbocycles. The van der Waals surface area contributed by atoms with Crippen molar-refractivity contribution < 1.29 is 4.79 Å². The third-order valence-corrected chi connectivity index (χ3v) is 5.10. The number of nitrogens with two attached hydrogens (primary N) is 1. The Kier molecular flexibility index (Phi) is 5.05. The molecule has 2 aromatic rings. The Morgan fingerprint density at radius 3 is 2.91 bits per heavy atom. The van der Waals surface area contributed by atoms with E-state index in [2.05, 4.69) is 46.4 Å². The van der Waals surface area contributed by atoms with Crippen LogP contribution in [0.15, 0.2) is 35.7 Å². The first kappa shape index (κ1) is 16.1. The van der Waals surface area contributed by atoms with Crippen molar-refractivity contribution in [2.24, 2.45) is 5.73 Å². The van der Waals surface area contributed by atoms with Gasteiger partial charge >= 0.3 is 0 Å². The van der Waals surface area contributed by atoms with Crippen molar-refractivity contribution in [2.45, 2.75) is 38.5 Å². The molecule has 3 rings (SSSR count). The minimum absolute atomic E-state index is 0.0975. The molecule has 0 saturated carbocycles. The number of aromatic nitrogens is 1. The van der Waals surface area contributed by atoms with Gasteiger partial charge in [-0.2, -0.15) is 0 Å². The van der Waals surface area contributed by atoms with E-state index in [1.54, 1.807) is 5.38 Å². The zero-order valence-corrected chi connectivity index (χ0v) is 14.1. The predicted molar refractivity (Wildman–Crippen MR) is 92.2 cm³/mol. The van der Waals surface area contributed by atoms with Crippen LogP contribution in [-0.4, -0.2) is 34.4 Å². The topological polar surface area (TPSA) is 71.2 Å². The molecule has 0 spiro atoms. The Morgan fingerprint density at radius 1 is 1.43 bits per heavy atom. The van der Waals surface area contributed by atoms with E-state index < -0.39 is 0 Å². The smallest absolute Gasteiger partial charge is 0.271 e. The lowest BCUT2D eigenvalue weighted by molar-refractivity contribution is 0.0933. The lowest BCUT2D eigenvalue weighted by Gasteiger charge is -2.20. The maximum Gasteiger partial charge on any atom is 0.271 e. The highest BCUT2D eigenvalue weighted by molar-refractivity contribution is 7.09. The van der Waals surface area contributed by atoms with Crippen molar-refractivity contribution >= 4 is 17.2 Å². The highest BCUT2D eigenvalue weighted by Gasteiger charge is 2.30. The van der Waals surface area contributed by atoms with Crippen molar-refractivity contribution in [1.29, 1.82) is 0 Å². The van der Waals surface area contributed by atoms with E-state index in [-0.39, 0.29) is 11.9 Å². The summed E-state index contributed by atoms with van der Waals surface area (Å²) in [6, 6.07) is 11.1. The summed E-state index contributed by atoms with van der Waals surface area (Å²) in [5.74, 6) is -0.0975. The molecule has 0 radical (unpaired) electrons. The third-order valence-electron chi connectivity index (χ3n) is 4.23. The largest absolute Gasteiger partial charge is 0.347 e. The first-order valence-corrected chi connectivity index (χ1v) is 8.77. The Bertz CT molecular complexity index is 658. The van der Waals surface area contributed by atoms with Gasteiger partial charge in [0.25, 0.3) is 5.91 Å². The second kappa shape index (κ2) is 7.21. The lowest BCUT2D eigenvalue weighted by atomic mass is 10.2. The van der Waals surface area contributed by atoms with E-state index in [1.807, 2.05) is 6.07 Å². The number of carbonyl (C=O) groups is 1. The Balaban J connectivity index is 1.57. The fourth-order valence-corrected chi connectivity index (χ4v) is 3.66. The summed E-state index contributed by atoms with van der Waals surface area (Å²) in [7, 11) is 0. The Morgan fingerprint density at radius 2 is 2.22 bits per heavy atom. The normalized spacial score (nSPS) is 21.5. The van der Waals surface area contributed by atoms with E-state index in [9.17, 15) is 4.79 Å². The summed E-state index contributed by atoms with van der Waals surface area (Å²) in [4.78, 5) is 18.9. The molecule has 2 atom stereocenters. The van der Waals surface area contributed by atoms with Gasteiger partial charge in [0.1, 0.15) is 10.7 Å². The van der Waals surface area contributed by atoms with Gasteiger partial charge in [-0.3, -0.25) is 9.69 Å². The molecule has 1 fully saturated rings. The number of hydrogen-bond donors (Lipinski definition) is 2. The number of nitrogens with zero attached hydrogens (tertiary/aromatic N) is 2. The Labute approximate surface area is 140 Å². The monoisotopic (exact) mass is 330 g/mol. The summed E-state index contributed by atoms with van der Waals surface area (Å²) in [6.45, 7) is 4.38. The third kappa shape index (κ3) is 3.96. The van der Waals surface area contributed by atoms with Crippen molar-refractivity contribution in [3.63, 3.8) is 0 Å². The quantitative estimate of drug-likeness (QED) is 0.879. The lowest BCUT2D eigenvalue weighted by Crippen LogP contribution is -2.37. The fraction of sp³-hybridized carbons (Fsp3) is 0.412. The highest BCUT2D eigenvalue weighted by Crippen LogP contribution is 2.20. The molecule has 6 heteroatoms. The zero-order chi connectivity index (χ0) is 16.2. The number of amides is 1. The van der Waals surface area contributed by atoms with Crippen LogP contribution in [0.4, 0.5) is 0 Å². The first-order valence-electron chi connectivity index (χ1n) is 7.89. The van der Waals surface area contributed by atoms with Crippen LogP contribution in [0, 0.1) is 0 Å². The van der Waals surface area contributed by atoms with Gasteiger partial charge in [-0.1, -0.05) is 30.3 Å². The molecule has 1 aliphatic heterocycles. The summed E-state index contributed by atoms with van der Waals surface area (Å²) < 4.78 is 0. The number of benzene rings is 1. The minimum atomic E-state index is -0.0975. The van der Waals surface area contributed by atoms with Gasteiger partial charge < -0.3 is 11.1 Å². The van der Waals surface area contributed by atoms with Gasteiger partial charge in [-0.05, 0) is 18.9 Å². The molecule has 1 saturated heterocycles. The maximum atomic E-state index is 12.3. The Hall–Kier alpha value is -1.76. The van der Waals surface area contributed by atoms with E-state index in [1.165, 1.54) is 16.9 Å². The number of nitrogens with one attached hydrogen (secondary N) is 1. The predicted octanol–water partition coefficient (Wildman–Crippen LogP) is 1.99. The van der Waals surface area contributed by atoms with Gasteiger partial charge in [0.2, 0.25) is 0 Å². The molecule has 5 nitrogen and oxygen atoms in total. The highest BCUT2D eigenvalue weighted by atomic mass is 32.1. The molecule has 122 valence electrons. The average molecular weight is 330 g/mol. The van der Waals surface area contributed by atoms with E-state index in [0.29, 0.717) is 18.3 Å². The average Bonchev–Trinajstić information content (AvgIpc) is 3.16. The van der Waals surface area contributed by atoms with E-state index in [0.717, 1.165) is 24.5 Å². The van der Waals surface area contributed by atoms with Crippen LogP contribution < -0.4 is 11.1 Å². The van der Waals surface area contributed by atoms with Crippen LogP contribution in [-0.2, 0) is 13.1 Å². The van der Waals surface area contributed by atoms with Crippen LogP contribution in [0.2, 0.25) is 0 Å². The molecule has 23 heavy (non-hydrogen) atoms. The molecule has 2 unspecified atom stereocenters. The molecule has 1 amide bonds. The number of rotatable bonds is 5. The van der Waals surface area contributed by atoms with E-state index in [4.69, 9.17) is 5.73 Å².